The number of hydrogen-bond acceptors (Lipinski definition) is 5. The zero-order chi connectivity index (χ0) is 12.7. The molecular weight excluding hydrogens is 481 g/mol. The van der Waals surface area contributed by atoms with Crippen LogP contribution in [-0.4, -0.2) is 79.0 Å². The monoisotopic (exact) mass is 507 g/mol. The number of halogens is 1. The summed E-state index contributed by atoms with van der Waals surface area (Å²) in [4.78, 5) is 0. The molecule has 0 bridgehead atoms. The first-order valence-corrected chi connectivity index (χ1v) is 6.57. The van der Waals surface area contributed by atoms with Crippen molar-refractivity contribution in [3.8, 4) is 0 Å². The molecule has 0 aromatic carbocycles. The number of nitrogens with zero attached hydrogens (tertiary/aromatic N) is 2. The molecule has 0 radical (unpaired) electrons. The maximum Gasteiger partial charge on any atom is 4.00 e. The van der Waals surface area contributed by atoms with E-state index in [2.05, 4.69) is 10.6 Å². The second-order valence-corrected chi connectivity index (χ2v) is 3.79. The van der Waals surface area contributed by atoms with Gasteiger partial charge < -0.3 is 48.1 Å². The molecule has 0 saturated carbocycles. The number of rotatable bonds is 0. The molecule has 0 unspecified atom stereocenters. The number of hydrogen-bond donors (Lipinski definition) is 1. The van der Waals surface area contributed by atoms with Crippen LogP contribution < -0.4 is 18.6 Å². The van der Waals surface area contributed by atoms with Crippen LogP contribution in [0.4, 0.5) is 0 Å². The zero-order valence-electron chi connectivity index (χ0n) is 12.4. The van der Waals surface area contributed by atoms with Gasteiger partial charge in [-0.15, -0.1) is 26.2 Å². The van der Waals surface area contributed by atoms with Crippen LogP contribution in [0.1, 0.15) is 0 Å². The first kappa shape index (κ1) is 26.6. The molecule has 9 heteroatoms. The SMILES string of the molecule is C1COCCOCC[N-]CCOCCOCC[N-]1.N.[Cl-].[Pt+4]. The fraction of sp³-hybridized carbons (Fsp3) is 1.00. The van der Waals surface area contributed by atoms with Crippen molar-refractivity contribution in [1.82, 2.24) is 6.15 Å². The van der Waals surface area contributed by atoms with Gasteiger partial charge in [0.05, 0.1) is 26.4 Å². The van der Waals surface area contributed by atoms with E-state index in [1.165, 1.54) is 0 Å². The minimum atomic E-state index is 0. The van der Waals surface area contributed by atoms with Crippen molar-refractivity contribution in [2.24, 2.45) is 0 Å². The minimum Gasteiger partial charge on any atom is -1.00 e. The van der Waals surface area contributed by atoms with Crippen LogP contribution in [-0.2, 0) is 40.0 Å². The second kappa shape index (κ2) is 23.0. The van der Waals surface area contributed by atoms with Gasteiger partial charge in [0.15, 0.2) is 0 Å². The van der Waals surface area contributed by atoms with Gasteiger partial charge in [-0.3, -0.25) is 0 Å². The molecule has 0 aromatic heterocycles. The van der Waals surface area contributed by atoms with Gasteiger partial charge in [0, 0.05) is 26.4 Å². The van der Waals surface area contributed by atoms with Gasteiger partial charge in [-0.05, 0) is 0 Å². The van der Waals surface area contributed by atoms with Gasteiger partial charge in [-0.1, -0.05) is 0 Å². The van der Waals surface area contributed by atoms with Gasteiger partial charge in [-0.2, -0.15) is 0 Å². The van der Waals surface area contributed by atoms with E-state index in [0.717, 1.165) is 26.2 Å². The van der Waals surface area contributed by atoms with E-state index >= 15 is 0 Å². The Balaban J connectivity index is -0.00000108. The largest absolute Gasteiger partial charge is 4.00 e. The minimum absolute atomic E-state index is 0. The average molecular weight is 508 g/mol. The molecule has 1 heterocycles. The molecule has 1 rings (SSSR count). The first-order valence-electron chi connectivity index (χ1n) is 6.57. The second-order valence-electron chi connectivity index (χ2n) is 3.79. The molecule has 0 amide bonds. The Morgan fingerprint density at radius 3 is 0.952 bits per heavy atom. The Kier molecular flexibility index (Phi) is 29.1. The van der Waals surface area contributed by atoms with E-state index < -0.39 is 0 Å². The number of ether oxygens (including phenoxy) is 4. The molecule has 0 spiro atoms. The maximum atomic E-state index is 5.37. The van der Waals surface area contributed by atoms with E-state index in [1.54, 1.807) is 0 Å². The molecule has 0 aliphatic carbocycles. The molecule has 1 aliphatic rings. The van der Waals surface area contributed by atoms with Crippen molar-refractivity contribution < 1.29 is 52.4 Å². The van der Waals surface area contributed by atoms with Crippen molar-refractivity contribution in [3.05, 3.63) is 10.6 Å². The van der Waals surface area contributed by atoms with Crippen molar-refractivity contribution in [2.45, 2.75) is 0 Å². The molecule has 130 valence electrons. The summed E-state index contributed by atoms with van der Waals surface area (Å²) in [5, 5.41) is 8.58. The fourth-order valence-electron chi connectivity index (χ4n) is 1.38. The normalized spacial score (nSPS) is 20.6. The molecule has 1 saturated heterocycles. The summed E-state index contributed by atoms with van der Waals surface area (Å²) in [7, 11) is 0. The molecule has 3 N–H and O–H groups in total. The summed E-state index contributed by atoms with van der Waals surface area (Å²) in [6, 6.07) is 0. The van der Waals surface area contributed by atoms with Crippen LogP contribution in [0.25, 0.3) is 10.6 Å². The molecule has 21 heavy (non-hydrogen) atoms. The van der Waals surface area contributed by atoms with Crippen molar-refractivity contribution in [3.63, 3.8) is 0 Å². The predicted molar refractivity (Wildman–Crippen MR) is 74.5 cm³/mol. The third-order valence-electron chi connectivity index (χ3n) is 2.32. The summed E-state index contributed by atoms with van der Waals surface area (Å²) in [5.74, 6) is 0. The molecule has 1 aliphatic heterocycles. The van der Waals surface area contributed by atoms with Crippen LogP contribution in [0.5, 0.6) is 0 Å². The topological polar surface area (TPSA) is 100 Å². The smallest absolute Gasteiger partial charge is 1.00 e. The van der Waals surface area contributed by atoms with E-state index in [4.69, 9.17) is 18.9 Å². The van der Waals surface area contributed by atoms with Crippen molar-refractivity contribution in [1.29, 1.82) is 0 Å². The fourth-order valence-corrected chi connectivity index (χ4v) is 1.38. The summed E-state index contributed by atoms with van der Waals surface area (Å²) < 4.78 is 21.5. The van der Waals surface area contributed by atoms with Gasteiger partial charge in [0.25, 0.3) is 0 Å². The Morgan fingerprint density at radius 2 is 0.714 bits per heavy atom. The van der Waals surface area contributed by atoms with Gasteiger partial charge >= 0.3 is 21.1 Å². The predicted octanol–water partition coefficient (Wildman–Crippen LogP) is -2.02. The van der Waals surface area contributed by atoms with E-state index in [0.29, 0.717) is 52.9 Å². The summed E-state index contributed by atoms with van der Waals surface area (Å²) in [6.45, 7) is 7.95. The van der Waals surface area contributed by atoms with E-state index in [9.17, 15) is 0 Å². The van der Waals surface area contributed by atoms with Crippen LogP contribution in [0.15, 0.2) is 0 Å². The summed E-state index contributed by atoms with van der Waals surface area (Å²) >= 11 is 0. The van der Waals surface area contributed by atoms with Crippen LogP contribution >= 0.6 is 0 Å². The van der Waals surface area contributed by atoms with Crippen molar-refractivity contribution >= 4 is 0 Å². The summed E-state index contributed by atoms with van der Waals surface area (Å²) in [6.07, 6.45) is 0. The third-order valence-corrected chi connectivity index (χ3v) is 2.32. The zero-order valence-corrected chi connectivity index (χ0v) is 15.4. The molecule has 1 fully saturated rings. The first-order chi connectivity index (χ1) is 9.00. The van der Waals surface area contributed by atoms with E-state index in [1.807, 2.05) is 0 Å². The van der Waals surface area contributed by atoms with Crippen LogP contribution in [0, 0.1) is 0 Å². The van der Waals surface area contributed by atoms with Gasteiger partial charge in [-0.25, -0.2) is 0 Å². The Hall–Kier alpha value is 0.698. The molecule has 0 atom stereocenters. The third kappa shape index (κ3) is 20.7. The Labute approximate surface area is 148 Å². The Morgan fingerprint density at radius 1 is 0.476 bits per heavy atom. The van der Waals surface area contributed by atoms with Gasteiger partial charge in [0.2, 0.25) is 0 Å². The quantitative estimate of drug-likeness (QED) is 0.408. The average Bonchev–Trinajstić information content (AvgIpc) is 2.39. The van der Waals surface area contributed by atoms with Crippen LogP contribution in [0.2, 0.25) is 0 Å². The molecular formula is C12H27ClN3O4Pt+. The standard InChI is InChI=1S/C12H24N2O4.ClH.H3N.Pt/c1-5-15-9-10-17-7-3-14-4-8-18-12-11-16-6-2-13-1;;;/h1-12H2;1H;1H3;/q-2;;;+4/p-1. The molecule has 7 nitrogen and oxygen atoms in total. The van der Waals surface area contributed by atoms with E-state index in [-0.39, 0.29) is 39.6 Å². The molecule has 0 aromatic rings. The maximum absolute atomic E-state index is 5.37. The van der Waals surface area contributed by atoms with Crippen molar-refractivity contribution in [2.75, 3.05) is 79.0 Å². The summed E-state index contributed by atoms with van der Waals surface area (Å²) in [5.41, 5.74) is 0. The van der Waals surface area contributed by atoms with Gasteiger partial charge in [0.1, 0.15) is 0 Å². The Bertz CT molecular complexity index is 112. The van der Waals surface area contributed by atoms with Crippen LogP contribution in [0.3, 0.4) is 0 Å².